The summed E-state index contributed by atoms with van der Waals surface area (Å²) in [5.41, 5.74) is 2.79. The number of benzene rings is 1. The summed E-state index contributed by atoms with van der Waals surface area (Å²) in [7, 11) is -3.72. The van der Waals surface area contributed by atoms with E-state index in [2.05, 4.69) is 22.9 Å². The van der Waals surface area contributed by atoms with Gasteiger partial charge in [0.25, 0.3) is 5.91 Å². The van der Waals surface area contributed by atoms with E-state index >= 15 is 0 Å². The zero-order valence-corrected chi connectivity index (χ0v) is 22.0. The molecule has 2 saturated heterocycles. The summed E-state index contributed by atoms with van der Waals surface area (Å²) in [6.07, 6.45) is 3.35. The SMILES string of the molecule is CCc1cnc(N2CCN(C(=O)c3ccc(N4C(=O)OC[C@H]4C)cc3S(C)(=O)=O)CC2)c(C)c1.Cl. The number of cyclic esters (lactones) is 1. The first-order valence-electron chi connectivity index (χ1n) is 11.4. The van der Waals surface area contributed by atoms with Gasteiger partial charge in [-0.05, 0) is 49.6 Å². The fourth-order valence-corrected chi connectivity index (χ4v) is 5.35. The molecule has 1 aromatic carbocycles. The van der Waals surface area contributed by atoms with Crippen LogP contribution in [0.4, 0.5) is 16.3 Å². The third-order valence-corrected chi connectivity index (χ3v) is 7.48. The highest BCUT2D eigenvalue weighted by molar-refractivity contribution is 7.90. The third kappa shape index (κ3) is 5.38. The number of pyridine rings is 1. The van der Waals surface area contributed by atoms with Crippen molar-refractivity contribution < 1.29 is 22.7 Å². The zero-order chi connectivity index (χ0) is 24.6. The summed E-state index contributed by atoms with van der Waals surface area (Å²) in [6.45, 7) is 8.30. The molecule has 4 rings (SSSR count). The molecule has 0 aliphatic carbocycles. The average molecular weight is 523 g/mol. The molecule has 190 valence electrons. The van der Waals surface area contributed by atoms with Gasteiger partial charge in [-0.25, -0.2) is 18.2 Å². The molecule has 1 atom stereocenters. The Bertz CT molecular complexity index is 1230. The monoisotopic (exact) mass is 522 g/mol. The van der Waals surface area contributed by atoms with Crippen molar-refractivity contribution in [3.63, 3.8) is 0 Å². The minimum atomic E-state index is -3.72. The number of ether oxygens (including phenoxy) is 1. The van der Waals surface area contributed by atoms with Crippen molar-refractivity contribution in [2.45, 2.75) is 38.1 Å². The highest BCUT2D eigenvalue weighted by Gasteiger charge is 2.33. The number of carbonyl (C=O) groups is 2. The van der Waals surface area contributed by atoms with Gasteiger partial charge in [0.15, 0.2) is 9.84 Å². The molecule has 3 heterocycles. The number of rotatable bonds is 5. The number of sulfone groups is 1. The maximum atomic E-state index is 13.3. The van der Waals surface area contributed by atoms with Crippen LogP contribution in [-0.2, 0) is 21.0 Å². The van der Waals surface area contributed by atoms with E-state index in [-0.39, 0.29) is 41.4 Å². The summed E-state index contributed by atoms with van der Waals surface area (Å²) >= 11 is 0. The molecule has 0 saturated carbocycles. The number of aromatic nitrogens is 1. The molecule has 11 heteroatoms. The van der Waals surface area contributed by atoms with Gasteiger partial charge in [-0.2, -0.15) is 0 Å². The lowest BCUT2D eigenvalue weighted by molar-refractivity contribution is 0.0742. The molecule has 2 aliphatic rings. The van der Waals surface area contributed by atoms with Crippen LogP contribution in [-0.4, -0.2) is 75.4 Å². The molecule has 35 heavy (non-hydrogen) atoms. The number of hydrogen-bond donors (Lipinski definition) is 0. The molecule has 9 nitrogen and oxygen atoms in total. The van der Waals surface area contributed by atoms with Gasteiger partial charge < -0.3 is 14.5 Å². The molecule has 2 fully saturated rings. The molecular formula is C24H31ClN4O5S. The molecule has 0 radical (unpaired) electrons. The van der Waals surface area contributed by atoms with Crippen LogP contribution in [0.25, 0.3) is 0 Å². The fraction of sp³-hybridized carbons (Fsp3) is 0.458. The molecular weight excluding hydrogens is 492 g/mol. The van der Waals surface area contributed by atoms with E-state index in [1.807, 2.05) is 20.0 Å². The van der Waals surface area contributed by atoms with E-state index in [9.17, 15) is 18.0 Å². The minimum absolute atomic E-state index is 0. The number of halogens is 1. The largest absolute Gasteiger partial charge is 0.447 e. The highest BCUT2D eigenvalue weighted by Crippen LogP contribution is 2.29. The van der Waals surface area contributed by atoms with Crippen molar-refractivity contribution in [2.24, 2.45) is 0 Å². The molecule has 0 unspecified atom stereocenters. The first-order chi connectivity index (χ1) is 16.1. The Morgan fingerprint density at radius 2 is 1.86 bits per heavy atom. The smallest absolute Gasteiger partial charge is 0.414 e. The summed E-state index contributed by atoms with van der Waals surface area (Å²) in [5, 5.41) is 0. The summed E-state index contributed by atoms with van der Waals surface area (Å²) in [5.74, 6) is 0.576. The average Bonchev–Trinajstić information content (AvgIpc) is 3.15. The first kappa shape index (κ1) is 26.7. The van der Waals surface area contributed by atoms with Gasteiger partial charge in [0.05, 0.1) is 16.5 Å². The van der Waals surface area contributed by atoms with Crippen LogP contribution in [0.15, 0.2) is 35.4 Å². The van der Waals surface area contributed by atoms with E-state index < -0.39 is 15.9 Å². The Balaban J connectivity index is 0.00000342. The maximum Gasteiger partial charge on any atom is 0.414 e. The van der Waals surface area contributed by atoms with Crippen LogP contribution in [0, 0.1) is 6.92 Å². The summed E-state index contributed by atoms with van der Waals surface area (Å²) in [4.78, 5) is 35.2. The number of aryl methyl sites for hydroxylation is 2. The predicted octanol–water partition coefficient (Wildman–Crippen LogP) is 3.09. The van der Waals surface area contributed by atoms with E-state index in [0.717, 1.165) is 24.1 Å². The number of anilines is 2. The summed E-state index contributed by atoms with van der Waals surface area (Å²) in [6, 6.07) is 6.40. The second-order valence-corrected chi connectivity index (χ2v) is 10.8. The lowest BCUT2D eigenvalue weighted by atomic mass is 10.1. The molecule has 0 spiro atoms. The van der Waals surface area contributed by atoms with Crippen LogP contribution in [0.5, 0.6) is 0 Å². The van der Waals surface area contributed by atoms with Crippen LogP contribution in [0.2, 0.25) is 0 Å². The Morgan fingerprint density at radius 1 is 1.17 bits per heavy atom. The van der Waals surface area contributed by atoms with Gasteiger partial charge in [0.1, 0.15) is 12.4 Å². The van der Waals surface area contributed by atoms with Crippen molar-refractivity contribution in [1.29, 1.82) is 0 Å². The van der Waals surface area contributed by atoms with Crippen LogP contribution in [0.3, 0.4) is 0 Å². The normalized spacial score (nSPS) is 18.3. The van der Waals surface area contributed by atoms with Gasteiger partial charge in [0.2, 0.25) is 0 Å². The van der Waals surface area contributed by atoms with Gasteiger partial charge >= 0.3 is 6.09 Å². The number of hydrogen-bond acceptors (Lipinski definition) is 7. The number of carbonyl (C=O) groups excluding carboxylic acids is 2. The van der Waals surface area contributed by atoms with Gasteiger partial charge in [-0.1, -0.05) is 13.0 Å². The van der Waals surface area contributed by atoms with E-state index in [4.69, 9.17) is 4.74 Å². The Labute approximate surface area is 212 Å². The van der Waals surface area contributed by atoms with Crippen molar-refractivity contribution in [3.05, 3.63) is 47.2 Å². The predicted molar refractivity (Wildman–Crippen MR) is 137 cm³/mol. The van der Waals surface area contributed by atoms with Crippen LogP contribution >= 0.6 is 12.4 Å². The van der Waals surface area contributed by atoms with Crippen molar-refractivity contribution >= 4 is 45.7 Å². The van der Waals surface area contributed by atoms with Gasteiger partial charge in [-0.15, -0.1) is 12.4 Å². The Hall–Kier alpha value is -2.85. The molecule has 1 aromatic heterocycles. The third-order valence-electron chi connectivity index (χ3n) is 6.34. The van der Waals surface area contributed by atoms with Crippen molar-refractivity contribution in [2.75, 3.05) is 48.8 Å². The minimum Gasteiger partial charge on any atom is -0.447 e. The van der Waals surface area contributed by atoms with Crippen molar-refractivity contribution in [1.82, 2.24) is 9.88 Å². The second-order valence-electron chi connectivity index (χ2n) is 8.87. The van der Waals surface area contributed by atoms with E-state index in [0.29, 0.717) is 31.9 Å². The standard InChI is InChI=1S/C24H30N4O5S.ClH/c1-5-18-12-16(2)22(25-14-18)26-8-10-27(11-9-26)23(29)20-7-6-19(13-21(20)34(4,31)32)28-17(3)15-33-24(28)30;/h6-7,12-14,17H,5,8-11,15H2,1-4H3;1H/t17-;/m1./s1. The number of nitrogens with zero attached hydrogens (tertiary/aromatic N) is 4. The molecule has 0 bridgehead atoms. The van der Waals surface area contributed by atoms with Crippen LogP contribution in [0.1, 0.15) is 35.3 Å². The lowest BCUT2D eigenvalue weighted by Gasteiger charge is -2.36. The fourth-order valence-electron chi connectivity index (χ4n) is 4.46. The lowest BCUT2D eigenvalue weighted by Crippen LogP contribution is -2.49. The Morgan fingerprint density at radius 3 is 2.40 bits per heavy atom. The second kappa shape index (κ2) is 10.4. The van der Waals surface area contributed by atoms with Crippen molar-refractivity contribution in [3.8, 4) is 0 Å². The van der Waals surface area contributed by atoms with Gasteiger partial charge in [-0.3, -0.25) is 9.69 Å². The molecule has 0 N–H and O–H groups in total. The van der Waals surface area contributed by atoms with E-state index in [1.165, 1.54) is 22.6 Å². The molecule has 2 aliphatic heterocycles. The maximum absolute atomic E-state index is 13.3. The highest BCUT2D eigenvalue weighted by atomic mass is 35.5. The number of amides is 2. The quantitative estimate of drug-likeness (QED) is 0.594. The van der Waals surface area contributed by atoms with Crippen LogP contribution < -0.4 is 9.80 Å². The topological polar surface area (TPSA) is 100 Å². The van der Waals surface area contributed by atoms with E-state index in [1.54, 1.807) is 11.0 Å². The summed E-state index contributed by atoms with van der Waals surface area (Å²) < 4.78 is 30.2. The zero-order valence-electron chi connectivity index (χ0n) is 20.4. The molecule has 2 aromatic rings. The van der Waals surface area contributed by atoms with Gasteiger partial charge in [0, 0.05) is 44.3 Å². The molecule has 2 amide bonds. The first-order valence-corrected chi connectivity index (χ1v) is 13.3. The number of piperazine rings is 1. The Kier molecular flexibility index (Phi) is 7.96.